The lowest BCUT2D eigenvalue weighted by Gasteiger charge is -2.04. The number of hydrogen-bond donors (Lipinski definition) is 2. The van der Waals surface area contributed by atoms with Gasteiger partial charge < -0.3 is 10.1 Å². The second kappa shape index (κ2) is 8.63. The third-order valence-electron chi connectivity index (χ3n) is 3.23. The molecule has 0 atom stereocenters. The van der Waals surface area contributed by atoms with Gasteiger partial charge in [-0.25, -0.2) is 9.97 Å². The second-order valence-electron chi connectivity index (χ2n) is 5.02. The number of nitrogens with zero attached hydrogens (tertiary/aromatic N) is 3. The van der Waals surface area contributed by atoms with Crippen molar-refractivity contribution in [1.82, 2.24) is 20.2 Å². The summed E-state index contributed by atoms with van der Waals surface area (Å²) in [6.07, 6.45) is 2.64. The van der Waals surface area contributed by atoms with Crippen LogP contribution in [-0.4, -0.2) is 31.8 Å². The standard InChI is InChI=1S/C16H17N5O2S2/c1-2-11-3-5-12(6-4-11)23-9-13-18-16(21-20-13)25-10-14(22)19-15-17-7-8-24-15/h3-8H,2,9-10H2,1H3,(H,17,19,22)(H,18,20,21). The van der Waals surface area contributed by atoms with Crippen molar-refractivity contribution in [3.05, 3.63) is 47.2 Å². The van der Waals surface area contributed by atoms with Crippen molar-refractivity contribution in [1.29, 1.82) is 0 Å². The first-order valence-corrected chi connectivity index (χ1v) is 9.54. The van der Waals surface area contributed by atoms with E-state index >= 15 is 0 Å². The third-order valence-corrected chi connectivity index (χ3v) is 4.77. The summed E-state index contributed by atoms with van der Waals surface area (Å²) < 4.78 is 5.67. The number of carbonyl (C=O) groups excluding carboxylic acids is 1. The molecule has 3 rings (SSSR count). The summed E-state index contributed by atoms with van der Waals surface area (Å²) in [5.74, 6) is 1.47. The first kappa shape index (κ1) is 17.4. The van der Waals surface area contributed by atoms with Crippen molar-refractivity contribution in [2.24, 2.45) is 0 Å². The van der Waals surface area contributed by atoms with Gasteiger partial charge in [-0.1, -0.05) is 30.8 Å². The van der Waals surface area contributed by atoms with Gasteiger partial charge in [0.1, 0.15) is 12.4 Å². The fraction of sp³-hybridized carbons (Fsp3) is 0.250. The molecule has 0 aliphatic rings. The number of aryl methyl sites for hydroxylation is 1. The van der Waals surface area contributed by atoms with E-state index in [9.17, 15) is 4.79 Å². The SMILES string of the molecule is CCc1ccc(OCc2nc(SCC(=O)Nc3nccs3)n[nH]2)cc1. The molecule has 0 unspecified atom stereocenters. The third kappa shape index (κ3) is 5.30. The summed E-state index contributed by atoms with van der Waals surface area (Å²) >= 11 is 2.63. The van der Waals surface area contributed by atoms with E-state index in [2.05, 4.69) is 32.4 Å². The highest BCUT2D eigenvalue weighted by molar-refractivity contribution is 7.99. The van der Waals surface area contributed by atoms with E-state index in [0.717, 1.165) is 12.2 Å². The van der Waals surface area contributed by atoms with Gasteiger partial charge in [0.25, 0.3) is 0 Å². The Morgan fingerprint density at radius 3 is 2.92 bits per heavy atom. The molecule has 0 fully saturated rings. The van der Waals surface area contributed by atoms with Crippen molar-refractivity contribution in [3.8, 4) is 5.75 Å². The fourth-order valence-corrected chi connectivity index (χ4v) is 3.11. The van der Waals surface area contributed by atoms with Gasteiger partial charge in [0.2, 0.25) is 11.1 Å². The van der Waals surface area contributed by atoms with Crippen LogP contribution in [0.3, 0.4) is 0 Å². The van der Waals surface area contributed by atoms with E-state index in [4.69, 9.17) is 4.74 Å². The van der Waals surface area contributed by atoms with E-state index in [0.29, 0.717) is 22.7 Å². The van der Waals surface area contributed by atoms with E-state index in [1.165, 1.54) is 28.7 Å². The maximum Gasteiger partial charge on any atom is 0.236 e. The molecule has 0 spiro atoms. The Hall–Kier alpha value is -2.39. The molecule has 3 aromatic rings. The van der Waals surface area contributed by atoms with Crippen molar-refractivity contribution < 1.29 is 9.53 Å². The summed E-state index contributed by atoms with van der Waals surface area (Å²) in [5.41, 5.74) is 1.27. The molecular weight excluding hydrogens is 358 g/mol. The summed E-state index contributed by atoms with van der Waals surface area (Å²) in [6.45, 7) is 2.41. The number of carbonyl (C=O) groups is 1. The highest BCUT2D eigenvalue weighted by Gasteiger charge is 2.09. The predicted molar refractivity (Wildman–Crippen MR) is 98.0 cm³/mol. The zero-order valence-corrected chi connectivity index (χ0v) is 15.2. The van der Waals surface area contributed by atoms with Gasteiger partial charge in [-0.15, -0.1) is 16.4 Å². The number of aromatic nitrogens is 4. The number of amides is 1. The molecule has 1 amide bonds. The van der Waals surface area contributed by atoms with Crippen LogP contribution in [-0.2, 0) is 17.8 Å². The van der Waals surface area contributed by atoms with Gasteiger partial charge in [0.15, 0.2) is 11.0 Å². The molecule has 0 saturated carbocycles. The molecule has 9 heteroatoms. The lowest BCUT2D eigenvalue weighted by molar-refractivity contribution is -0.113. The molecular formula is C16H17N5O2S2. The van der Waals surface area contributed by atoms with Crippen molar-refractivity contribution >= 4 is 34.1 Å². The molecule has 0 aliphatic heterocycles. The number of anilines is 1. The monoisotopic (exact) mass is 375 g/mol. The Morgan fingerprint density at radius 1 is 1.36 bits per heavy atom. The van der Waals surface area contributed by atoms with Crippen LogP contribution < -0.4 is 10.1 Å². The number of nitrogens with one attached hydrogen (secondary N) is 2. The number of thioether (sulfide) groups is 1. The van der Waals surface area contributed by atoms with Gasteiger partial charge in [0, 0.05) is 11.6 Å². The Kier molecular flexibility index (Phi) is 6.02. The first-order chi connectivity index (χ1) is 12.2. The van der Waals surface area contributed by atoms with Crippen LogP contribution in [0.4, 0.5) is 5.13 Å². The van der Waals surface area contributed by atoms with Crippen LogP contribution in [0.2, 0.25) is 0 Å². The maximum absolute atomic E-state index is 11.8. The Morgan fingerprint density at radius 2 is 2.20 bits per heavy atom. The van der Waals surface area contributed by atoms with Crippen LogP contribution >= 0.6 is 23.1 Å². The van der Waals surface area contributed by atoms with Gasteiger partial charge in [-0.05, 0) is 24.1 Å². The van der Waals surface area contributed by atoms with E-state index in [-0.39, 0.29) is 11.7 Å². The quantitative estimate of drug-likeness (QED) is 0.588. The van der Waals surface area contributed by atoms with Gasteiger partial charge in [0.05, 0.1) is 5.75 Å². The topological polar surface area (TPSA) is 92.8 Å². The van der Waals surface area contributed by atoms with Crippen LogP contribution in [0.25, 0.3) is 0 Å². The average Bonchev–Trinajstić information content (AvgIpc) is 3.30. The number of thiazole rings is 1. The molecule has 2 N–H and O–H groups in total. The molecule has 0 saturated heterocycles. The molecule has 0 aliphatic carbocycles. The molecule has 25 heavy (non-hydrogen) atoms. The van der Waals surface area contributed by atoms with Crippen LogP contribution in [0.1, 0.15) is 18.3 Å². The summed E-state index contributed by atoms with van der Waals surface area (Å²) in [6, 6.07) is 7.96. The molecule has 0 bridgehead atoms. The van der Waals surface area contributed by atoms with Crippen molar-refractivity contribution in [3.63, 3.8) is 0 Å². The Bertz CT molecular complexity index is 802. The first-order valence-electron chi connectivity index (χ1n) is 7.68. The Balaban J connectivity index is 1.44. The number of rotatable bonds is 8. The van der Waals surface area contributed by atoms with Crippen molar-refractivity contribution in [2.45, 2.75) is 25.1 Å². The minimum absolute atomic E-state index is 0.140. The minimum Gasteiger partial charge on any atom is -0.486 e. The minimum atomic E-state index is -0.140. The van der Waals surface area contributed by atoms with Crippen LogP contribution in [0.15, 0.2) is 41.0 Å². The molecule has 2 aromatic heterocycles. The van der Waals surface area contributed by atoms with E-state index in [1.807, 2.05) is 24.3 Å². The number of hydrogen-bond acceptors (Lipinski definition) is 7. The molecule has 0 radical (unpaired) electrons. The lowest BCUT2D eigenvalue weighted by Crippen LogP contribution is -2.13. The molecule has 130 valence electrons. The van der Waals surface area contributed by atoms with Crippen LogP contribution in [0, 0.1) is 0 Å². The predicted octanol–water partition coefficient (Wildman–Crippen LogP) is 3.13. The zero-order chi connectivity index (χ0) is 17.5. The number of benzene rings is 1. The summed E-state index contributed by atoms with van der Waals surface area (Å²) in [4.78, 5) is 20.1. The number of aromatic amines is 1. The lowest BCUT2D eigenvalue weighted by atomic mass is 10.2. The van der Waals surface area contributed by atoms with Gasteiger partial charge in [-0.2, -0.15) is 0 Å². The highest BCUT2D eigenvalue weighted by atomic mass is 32.2. The van der Waals surface area contributed by atoms with E-state index in [1.54, 1.807) is 11.6 Å². The zero-order valence-electron chi connectivity index (χ0n) is 13.6. The summed E-state index contributed by atoms with van der Waals surface area (Å²) in [5, 5.41) is 12.5. The average molecular weight is 375 g/mol. The van der Waals surface area contributed by atoms with E-state index < -0.39 is 0 Å². The highest BCUT2D eigenvalue weighted by Crippen LogP contribution is 2.16. The normalized spacial score (nSPS) is 10.6. The second-order valence-corrected chi connectivity index (χ2v) is 6.86. The summed E-state index contributed by atoms with van der Waals surface area (Å²) in [7, 11) is 0. The van der Waals surface area contributed by atoms with Crippen molar-refractivity contribution in [2.75, 3.05) is 11.1 Å². The maximum atomic E-state index is 11.8. The number of H-pyrrole nitrogens is 1. The van der Waals surface area contributed by atoms with Crippen LogP contribution in [0.5, 0.6) is 5.75 Å². The Labute approximate surface area is 153 Å². The molecule has 2 heterocycles. The van der Waals surface area contributed by atoms with Gasteiger partial charge in [-0.3, -0.25) is 9.89 Å². The molecule has 7 nitrogen and oxygen atoms in total. The van der Waals surface area contributed by atoms with Gasteiger partial charge >= 0.3 is 0 Å². The molecule has 1 aromatic carbocycles. The fourth-order valence-electron chi connectivity index (χ4n) is 1.95. The smallest absolute Gasteiger partial charge is 0.236 e. The number of ether oxygens (including phenoxy) is 1. The largest absolute Gasteiger partial charge is 0.486 e.